The Bertz CT molecular complexity index is 1070. The first-order valence-electron chi connectivity index (χ1n) is 10.1. The van der Waals surface area contributed by atoms with Crippen LogP contribution in [0.15, 0.2) is 60.7 Å². The molecule has 0 aliphatic carbocycles. The molecule has 1 heterocycles. The van der Waals surface area contributed by atoms with E-state index < -0.39 is 24.6 Å². The first kappa shape index (κ1) is 22.5. The van der Waals surface area contributed by atoms with Crippen LogP contribution >= 0.6 is 0 Å². The van der Waals surface area contributed by atoms with E-state index in [4.69, 9.17) is 5.11 Å². The van der Waals surface area contributed by atoms with Crippen LogP contribution in [0.25, 0.3) is 22.9 Å². The number of aliphatic hydroxyl groups is 2. The number of rotatable bonds is 8. The fraction of sp³-hybridized carbons (Fsp3) is 0.240. The summed E-state index contributed by atoms with van der Waals surface area (Å²) in [5.74, 6) is -1.44. The third-order valence-corrected chi connectivity index (χ3v) is 5.25. The van der Waals surface area contributed by atoms with Crippen LogP contribution in [0.4, 0.5) is 4.39 Å². The van der Waals surface area contributed by atoms with Gasteiger partial charge < -0.3 is 19.9 Å². The summed E-state index contributed by atoms with van der Waals surface area (Å²) in [5, 5.41) is 28.8. The minimum Gasteiger partial charge on any atom is -0.481 e. The lowest BCUT2D eigenvalue weighted by Crippen LogP contribution is -2.19. The van der Waals surface area contributed by atoms with Crippen molar-refractivity contribution < 1.29 is 24.5 Å². The molecule has 0 aliphatic rings. The zero-order chi connectivity index (χ0) is 22.5. The molecule has 2 unspecified atom stereocenters. The highest BCUT2D eigenvalue weighted by atomic mass is 19.1. The zero-order valence-electron chi connectivity index (χ0n) is 17.5. The smallest absolute Gasteiger partial charge is 0.305 e. The molecular formula is C25H26FNO4. The molecule has 0 spiro atoms. The molecular weight excluding hydrogens is 397 g/mol. The number of carboxylic acids is 1. The summed E-state index contributed by atoms with van der Waals surface area (Å²) in [6.45, 7) is 3.96. The second-order valence-electron chi connectivity index (χ2n) is 7.55. The molecule has 0 saturated heterocycles. The van der Waals surface area contributed by atoms with E-state index in [-0.39, 0.29) is 12.2 Å². The van der Waals surface area contributed by atoms with Crippen molar-refractivity contribution in [2.45, 2.75) is 38.9 Å². The van der Waals surface area contributed by atoms with E-state index in [9.17, 15) is 19.4 Å². The lowest BCUT2D eigenvalue weighted by atomic mass is 9.99. The van der Waals surface area contributed by atoms with Gasteiger partial charge in [0, 0.05) is 34.6 Å². The highest BCUT2D eigenvalue weighted by molar-refractivity contribution is 5.80. The van der Waals surface area contributed by atoms with Crippen molar-refractivity contribution in [3.63, 3.8) is 0 Å². The molecule has 2 aromatic carbocycles. The van der Waals surface area contributed by atoms with E-state index in [1.165, 1.54) is 12.1 Å². The van der Waals surface area contributed by atoms with Gasteiger partial charge in [0.25, 0.3) is 0 Å². The number of aliphatic carboxylic acids is 1. The maximum absolute atomic E-state index is 13.5. The fourth-order valence-electron chi connectivity index (χ4n) is 3.86. The maximum atomic E-state index is 13.5. The van der Waals surface area contributed by atoms with Crippen molar-refractivity contribution in [3.8, 4) is 16.8 Å². The number of nitrogens with zero attached hydrogens (tertiary/aromatic N) is 1. The fourth-order valence-corrected chi connectivity index (χ4v) is 3.86. The Kier molecular flexibility index (Phi) is 7.05. The molecule has 0 radical (unpaired) electrons. The van der Waals surface area contributed by atoms with E-state index in [1.807, 2.05) is 44.2 Å². The Morgan fingerprint density at radius 2 is 1.68 bits per heavy atom. The van der Waals surface area contributed by atoms with E-state index in [0.717, 1.165) is 33.8 Å². The molecule has 0 bridgehead atoms. The van der Waals surface area contributed by atoms with Gasteiger partial charge in [0.1, 0.15) is 5.82 Å². The molecule has 0 amide bonds. The molecule has 2 atom stereocenters. The normalized spacial score (nSPS) is 13.5. The Hall–Kier alpha value is -3.22. The van der Waals surface area contributed by atoms with Gasteiger partial charge in [-0.1, -0.05) is 42.5 Å². The molecule has 3 aromatic rings. The predicted molar refractivity (Wildman–Crippen MR) is 119 cm³/mol. The van der Waals surface area contributed by atoms with Gasteiger partial charge in [-0.25, -0.2) is 4.39 Å². The molecule has 162 valence electrons. The second-order valence-corrected chi connectivity index (χ2v) is 7.55. The first-order valence-corrected chi connectivity index (χ1v) is 10.1. The van der Waals surface area contributed by atoms with E-state index >= 15 is 0 Å². The van der Waals surface area contributed by atoms with E-state index in [2.05, 4.69) is 4.57 Å². The summed E-state index contributed by atoms with van der Waals surface area (Å²) < 4.78 is 15.6. The molecule has 1 aromatic heterocycles. The topological polar surface area (TPSA) is 82.7 Å². The Morgan fingerprint density at radius 3 is 2.29 bits per heavy atom. The Morgan fingerprint density at radius 1 is 1.03 bits per heavy atom. The molecule has 5 nitrogen and oxygen atoms in total. The van der Waals surface area contributed by atoms with Crippen LogP contribution in [-0.2, 0) is 4.79 Å². The summed E-state index contributed by atoms with van der Waals surface area (Å²) in [6.07, 6.45) is 0.689. The molecule has 31 heavy (non-hydrogen) atoms. The second kappa shape index (κ2) is 9.73. The van der Waals surface area contributed by atoms with Gasteiger partial charge in [-0.3, -0.25) is 4.79 Å². The van der Waals surface area contributed by atoms with Gasteiger partial charge >= 0.3 is 5.97 Å². The number of hydrogen-bond donors (Lipinski definition) is 3. The van der Waals surface area contributed by atoms with Crippen LogP contribution in [0.2, 0.25) is 0 Å². The molecule has 0 saturated carbocycles. The van der Waals surface area contributed by atoms with Crippen molar-refractivity contribution in [2.75, 3.05) is 0 Å². The monoisotopic (exact) mass is 423 g/mol. The van der Waals surface area contributed by atoms with Crippen LogP contribution in [-0.4, -0.2) is 38.1 Å². The minimum atomic E-state index is -1.13. The largest absolute Gasteiger partial charge is 0.481 e. The number of aliphatic hydroxyl groups excluding tert-OH is 2. The van der Waals surface area contributed by atoms with Gasteiger partial charge in [-0.05, 0) is 43.7 Å². The minimum absolute atomic E-state index is 0.0773. The lowest BCUT2D eigenvalue weighted by molar-refractivity contribution is -0.139. The zero-order valence-corrected chi connectivity index (χ0v) is 17.5. The third kappa shape index (κ3) is 5.29. The summed E-state index contributed by atoms with van der Waals surface area (Å²) in [4.78, 5) is 10.7. The quantitative estimate of drug-likeness (QED) is 0.498. The van der Waals surface area contributed by atoms with Crippen molar-refractivity contribution in [2.24, 2.45) is 0 Å². The number of hydrogen-bond acceptors (Lipinski definition) is 3. The summed E-state index contributed by atoms with van der Waals surface area (Å²) in [6, 6.07) is 16.1. The summed E-state index contributed by atoms with van der Waals surface area (Å²) >= 11 is 0. The summed E-state index contributed by atoms with van der Waals surface area (Å²) in [5.41, 5.74) is 5.51. The average Bonchev–Trinajstić information content (AvgIpc) is 2.96. The van der Waals surface area contributed by atoms with Crippen molar-refractivity contribution >= 4 is 12.0 Å². The van der Waals surface area contributed by atoms with Crippen LogP contribution in [0.1, 0.15) is 29.8 Å². The highest BCUT2D eigenvalue weighted by Gasteiger charge is 2.19. The van der Waals surface area contributed by atoms with E-state index in [1.54, 1.807) is 24.3 Å². The van der Waals surface area contributed by atoms with Crippen LogP contribution in [0, 0.1) is 19.7 Å². The molecule has 6 heteroatoms. The number of carbonyl (C=O) groups is 1. The van der Waals surface area contributed by atoms with E-state index in [0.29, 0.717) is 0 Å². The maximum Gasteiger partial charge on any atom is 0.305 e. The average molecular weight is 423 g/mol. The van der Waals surface area contributed by atoms with Crippen molar-refractivity contribution in [3.05, 3.63) is 83.4 Å². The molecule has 3 rings (SSSR count). The van der Waals surface area contributed by atoms with Crippen LogP contribution in [0.3, 0.4) is 0 Å². The Balaban J connectivity index is 2.03. The van der Waals surface area contributed by atoms with Gasteiger partial charge in [-0.2, -0.15) is 0 Å². The number of halogens is 1. The van der Waals surface area contributed by atoms with Gasteiger partial charge in [-0.15, -0.1) is 0 Å². The molecule has 0 fully saturated rings. The summed E-state index contributed by atoms with van der Waals surface area (Å²) in [7, 11) is 0. The number of carboxylic acid groups (broad SMARTS) is 1. The Labute approximate surface area is 180 Å². The molecule has 3 N–H and O–H groups in total. The van der Waals surface area contributed by atoms with Crippen molar-refractivity contribution in [1.29, 1.82) is 0 Å². The van der Waals surface area contributed by atoms with Crippen LogP contribution in [0.5, 0.6) is 0 Å². The highest BCUT2D eigenvalue weighted by Crippen LogP contribution is 2.35. The number of para-hydroxylation sites is 1. The van der Waals surface area contributed by atoms with Crippen LogP contribution < -0.4 is 0 Å². The molecule has 0 aliphatic heterocycles. The number of benzene rings is 2. The first-order chi connectivity index (χ1) is 14.8. The number of aromatic nitrogens is 1. The van der Waals surface area contributed by atoms with Gasteiger partial charge in [0.05, 0.1) is 18.6 Å². The van der Waals surface area contributed by atoms with Gasteiger partial charge in [0.2, 0.25) is 0 Å². The van der Waals surface area contributed by atoms with Crippen molar-refractivity contribution in [1.82, 2.24) is 4.57 Å². The lowest BCUT2D eigenvalue weighted by Gasteiger charge is -2.11. The predicted octanol–water partition coefficient (Wildman–Crippen LogP) is 4.50. The van der Waals surface area contributed by atoms with Gasteiger partial charge in [0.15, 0.2) is 0 Å². The third-order valence-electron chi connectivity index (χ3n) is 5.25. The SMILES string of the molecule is Cc1c(/C=C/C(O)CC(O)CC(=O)O)c(-c2ccc(F)cc2)c(C)n1-c1ccccc1. The standard InChI is InChI=1S/C25H26FNO4/c1-16-23(13-12-21(28)14-22(29)15-24(30)31)25(18-8-10-19(26)11-9-18)17(2)27(16)20-6-4-3-5-7-20/h3-13,21-22,28-29H,14-15H2,1-2H3,(H,30,31)/b13-12+.